The highest BCUT2D eigenvalue weighted by Gasteiger charge is 2.20. The van der Waals surface area contributed by atoms with E-state index in [9.17, 15) is 8.78 Å². The maximum absolute atomic E-state index is 13.4. The molecule has 0 bridgehead atoms. The molecule has 17 heavy (non-hydrogen) atoms. The van der Waals surface area contributed by atoms with Gasteiger partial charge in [0.25, 0.3) is 0 Å². The van der Waals surface area contributed by atoms with Gasteiger partial charge in [-0.25, -0.2) is 8.78 Å². The molecule has 1 heterocycles. The number of benzene rings is 1. The Labute approximate surface area is 98.6 Å². The molecule has 0 radical (unpaired) electrons. The van der Waals surface area contributed by atoms with Crippen molar-refractivity contribution in [3.63, 3.8) is 0 Å². The number of aliphatic hydroxyl groups is 1. The molecule has 0 aliphatic carbocycles. The summed E-state index contributed by atoms with van der Waals surface area (Å²) < 4.78 is 31.7. The number of hydrogen-bond acceptors (Lipinski definition) is 3. The van der Waals surface area contributed by atoms with Crippen LogP contribution in [-0.4, -0.2) is 42.4 Å². The Morgan fingerprint density at radius 2 is 2.24 bits per heavy atom. The number of morpholine rings is 1. The van der Waals surface area contributed by atoms with Gasteiger partial charge in [-0.2, -0.15) is 0 Å². The summed E-state index contributed by atoms with van der Waals surface area (Å²) in [6.07, 6.45) is -0.236. The van der Waals surface area contributed by atoms with Gasteiger partial charge in [0.15, 0.2) is 0 Å². The minimum atomic E-state index is -0.437. The Morgan fingerprint density at radius 1 is 1.41 bits per heavy atom. The predicted octanol–water partition coefficient (Wildman–Crippen LogP) is 1.16. The molecule has 5 heteroatoms. The summed E-state index contributed by atoms with van der Waals surface area (Å²) >= 11 is 0. The zero-order chi connectivity index (χ0) is 12.3. The second kappa shape index (κ2) is 5.53. The van der Waals surface area contributed by atoms with E-state index in [4.69, 9.17) is 9.84 Å². The summed E-state index contributed by atoms with van der Waals surface area (Å²) in [6.45, 7) is 1.98. The van der Waals surface area contributed by atoms with Crippen LogP contribution in [0.3, 0.4) is 0 Å². The molecule has 1 aromatic carbocycles. The molecule has 0 spiro atoms. The molecule has 94 valence electrons. The molecule has 1 saturated heterocycles. The lowest BCUT2D eigenvalue weighted by Gasteiger charge is -2.32. The van der Waals surface area contributed by atoms with Crippen LogP contribution in [0.4, 0.5) is 8.78 Å². The van der Waals surface area contributed by atoms with E-state index in [0.29, 0.717) is 31.8 Å². The van der Waals surface area contributed by atoms with Gasteiger partial charge >= 0.3 is 0 Å². The topological polar surface area (TPSA) is 32.7 Å². The maximum atomic E-state index is 13.4. The molecular weight excluding hydrogens is 228 g/mol. The van der Waals surface area contributed by atoms with Gasteiger partial charge in [0, 0.05) is 25.2 Å². The van der Waals surface area contributed by atoms with Crippen LogP contribution in [0.5, 0.6) is 0 Å². The van der Waals surface area contributed by atoms with Crippen molar-refractivity contribution >= 4 is 0 Å². The fourth-order valence-electron chi connectivity index (χ4n) is 1.94. The smallest absolute Gasteiger partial charge is 0.127 e. The molecule has 1 fully saturated rings. The van der Waals surface area contributed by atoms with Crippen molar-refractivity contribution in [2.24, 2.45) is 0 Å². The lowest BCUT2D eigenvalue weighted by atomic mass is 10.1. The molecule has 0 amide bonds. The third-order valence-electron chi connectivity index (χ3n) is 2.83. The van der Waals surface area contributed by atoms with E-state index in [1.165, 1.54) is 6.07 Å². The Kier molecular flexibility index (Phi) is 4.04. The van der Waals surface area contributed by atoms with Gasteiger partial charge in [0.2, 0.25) is 0 Å². The zero-order valence-electron chi connectivity index (χ0n) is 9.40. The van der Waals surface area contributed by atoms with E-state index in [1.54, 1.807) is 0 Å². The summed E-state index contributed by atoms with van der Waals surface area (Å²) in [5.41, 5.74) is 0.337. The summed E-state index contributed by atoms with van der Waals surface area (Å²) in [5, 5.41) is 8.99. The van der Waals surface area contributed by atoms with E-state index in [0.717, 1.165) is 12.1 Å². The van der Waals surface area contributed by atoms with E-state index in [1.807, 2.05) is 4.90 Å². The third kappa shape index (κ3) is 3.21. The van der Waals surface area contributed by atoms with E-state index in [2.05, 4.69) is 0 Å². The first kappa shape index (κ1) is 12.4. The van der Waals surface area contributed by atoms with E-state index < -0.39 is 11.6 Å². The van der Waals surface area contributed by atoms with Crippen LogP contribution in [0.1, 0.15) is 5.56 Å². The number of aliphatic hydroxyl groups excluding tert-OH is 1. The molecule has 1 N–H and O–H groups in total. The molecular formula is C12H15F2NO2. The molecule has 0 aromatic heterocycles. The average molecular weight is 243 g/mol. The normalized spacial score (nSPS) is 21.7. The molecule has 1 aromatic rings. The monoisotopic (exact) mass is 243 g/mol. The maximum Gasteiger partial charge on any atom is 0.127 e. The number of rotatable bonds is 3. The molecule has 1 atom stereocenters. The Morgan fingerprint density at radius 3 is 3.00 bits per heavy atom. The first-order valence-corrected chi connectivity index (χ1v) is 5.58. The summed E-state index contributed by atoms with van der Waals surface area (Å²) in [7, 11) is 0. The number of nitrogens with zero attached hydrogens (tertiary/aromatic N) is 1. The first-order valence-electron chi connectivity index (χ1n) is 5.58. The van der Waals surface area contributed by atoms with Crippen LogP contribution >= 0.6 is 0 Å². The van der Waals surface area contributed by atoms with Gasteiger partial charge < -0.3 is 9.84 Å². The predicted molar refractivity (Wildman–Crippen MR) is 58.5 cm³/mol. The highest BCUT2D eigenvalue weighted by atomic mass is 19.1. The molecule has 1 unspecified atom stereocenters. The van der Waals surface area contributed by atoms with Crippen LogP contribution in [0.15, 0.2) is 18.2 Å². The highest BCUT2D eigenvalue weighted by molar-refractivity contribution is 5.18. The van der Waals surface area contributed by atoms with Crippen molar-refractivity contribution in [2.45, 2.75) is 12.6 Å². The van der Waals surface area contributed by atoms with Gasteiger partial charge in [-0.15, -0.1) is 0 Å². The van der Waals surface area contributed by atoms with Crippen molar-refractivity contribution < 1.29 is 18.6 Å². The van der Waals surface area contributed by atoms with Crippen LogP contribution in [0.2, 0.25) is 0 Å². The second-order valence-corrected chi connectivity index (χ2v) is 4.15. The minimum absolute atomic E-state index is 0.0534. The molecule has 3 nitrogen and oxygen atoms in total. The summed E-state index contributed by atoms with van der Waals surface area (Å²) in [6, 6.07) is 3.45. The number of halogens is 2. The number of ether oxygens (including phenoxy) is 1. The van der Waals surface area contributed by atoms with Gasteiger partial charge in [-0.1, -0.05) is 0 Å². The minimum Gasteiger partial charge on any atom is -0.394 e. The van der Waals surface area contributed by atoms with Crippen molar-refractivity contribution in [1.29, 1.82) is 0 Å². The molecule has 1 aliphatic rings. The van der Waals surface area contributed by atoms with Crippen LogP contribution in [0, 0.1) is 11.6 Å². The second-order valence-electron chi connectivity index (χ2n) is 4.15. The SMILES string of the molecule is OCC1CN(Cc2cc(F)ccc2F)CCO1. The van der Waals surface area contributed by atoms with Crippen molar-refractivity contribution in [1.82, 2.24) is 4.90 Å². The Hall–Kier alpha value is -1.04. The van der Waals surface area contributed by atoms with E-state index >= 15 is 0 Å². The quantitative estimate of drug-likeness (QED) is 0.864. The van der Waals surface area contributed by atoms with Crippen LogP contribution < -0.4 is 0 Å². The fourth-order valence-corrected chi connectivity index (χ4v) is 1.94. The highest BCUT2D eigenvalue weighted by Crippen LogP contribution is 2.14. The molecule has 0 saturated carbocycles. The summed E-state index contributed by atoms with van der Waals surface area (Å²) in [5.74, 6) is -0.841. The Bertz CT molecular complexity index is 387. The van der Waals surface area contributed by atoms with Gasteiger partial charge in [-0.05, 0) is 18.2 Å². The number of hydrogen-bond donors (Lipinski definition) is 1. The summed E-state index contributed by atoms with van der Waals surface area (Å²) in [4.78, 5) is 1.95. The Balaban J connectivity index is 2.02. The van der Waals surface area contributed by atoms with Crippen LogP contribution in [-0.2, 0) is 11.3 Å². The van der Waals surface area contributed by atoms with Crippen molar-refractivity contribution in [2.75, 3.05) is 26.3 Å². The van der Waals surface area contributed by atoms with Crippen molar-refractivity contribution in [3.8, 4) is 0 Å². The lowest BCUT2D eigenvalue weighted by Crippen LogP contribution is -2.43. The van der Waals surface area contributed by atoms with Gasteiger partial charge in [-0.3, -0.25) is 4.90 Å². The molecule has 1 aliphatic heterocycles. The van der Waals surface area contributed by atoms with Crippen LogP contribution in [0.25, 0.3) is 0 Å². The fraction of sp³-hybridized carbons (Fsp3) is 0.500. The van der Waals surface area contributed by atoms with E-state index in [-0.39, 0.29) is 12.7 Å². The lowest BCUT2D eigenvalue weighted by molar-refractivity contribution is -0.0553. The average Bonchev–Trinajstić information content (AvgIpc) is 2.34. The zero-order valence-corrected chi connectivity index (χ0v) is 9.40. The first-order chi connectivity index (χ1) is 8.19. The van der Waals surface area contributed by atoms with Crippen molar-refractivity contribution in [3.05, 3.63) is 35.4 Å². The van der Waals surface area contributed by atoms with Gasteiger partial charge in [0.1, 0.15) is 11.6 Å². The standard InChI is InChI=1S/C12H15F2NO2/c13-10-1-2-12(14)9(5-10)6-15-3-4-17-11(7-15)8-16/h1-2,5,11,16H,3-4,6-8H2. The molecule has 2 rings (SSSR count). The largest absolute Gasteiger partial charge is 0.394 e. The van der Waals surface area contributed by atoms with Gasteiger partial charge in [0.05, 0.1) is 19.3 Å². The third-order valence-corrected chi connectivity index (χ3v) is 2.83.